The number of aromatic nitrogens is 2. The summed E-state index contributed by atoms with van der Waals surface area (Å²) in [6.07, 6.45) is -1.17. The van der Waals surface area contributed by atoms with E-state index in [-0.39, 0.29) is 17.6 Å². The number of aliphatic hydroxyl groups excluding tert-OH is 1. The Morgan fingerprint density at radius 3 is 2.26 bits per heavy atom. The fourth-order valence-electron chi connectivity index (χ4n) is 4.25. The molecule has 1 saturated carbocycles. The maximum absolute atomic E-state index is 13.0. The van der Waals surface area contributed by atoms with E-state index in [2.05, 4.69) is 19.6 Å². The van der Waals surface area contributed by atoms with Crippen molar-refractivity contribution in [1.82, 2.24) is 15.3 Å². The standard InChI is InChI=1S/C19H18N4O4S.C7H5F3/c24-15-8-4-7-14(15)21-19(25)17-16(11-5-2-1-3-6-11)13-9-12(23-28(26)27)10-20-18(13)22-17;8-7(9,10)6-4-2-1-3-5-6/h1-3,5-6,9-10,14-15,24H,4,7-8H2,(H,20,22)(H,21,25);1-5H. The summed E-state index contributed by atoms with van der Waals surface area (Å²) < 4.78 is 60.7. The van der Waals surface area contributed by atoms with Crippen molar-refractivity contribution in [2.75, 3.05) is 0 Å². The second-order valence-electron chi connectivity index (χ2n) is 8.58. The molecular weight excluding hydrogens is 521 g/mol. The van der Waals surface area contributed by atoms with Gasteiger partial charge in [-0.25, -0.2) is 4.98 Å². The van der Waals surface area contributed by atoms with Crippen molar-refractivity contribution in [2.45, 2.75) is 37.6 Å². The molecule has 3 N–H and O–H groups in total. The van der Waals surface area contributed by atoms with Gasteiger partial charge in [-0.2, -0.15) is 21.6 Å². The lowest BCUT2D eigenvalue weighted by atomic mass is 10.0. The van der Waals surface area contributed by atoms with Crippen LogP contribution < -0.4 is 5.32 Å². The Bertz CT molecular complexity index is 1550. The molecule has 12 heteroatoms. The van der Waals surface area contributed by atoms with Gasteiger partial charge in [0.15, 0.2) is 0 Å². The summed E-state index contributed by atoms with van der Waals surface area (Å²) in [4.78, 5) is 20.2. The topological polar surface area (TPSA) is 125 Å². The third-order valence-electron chi connectivity index (χ3n) is 6.00. The van der Waals surface area contributed by atoms with Gasteiger partial charge in [-0.1, -0.05) is 60.7 Å². The summed E-state index contributed by atoms with van der Waals surface area (Å²) in [6.45, 7) is 0. The lowest BCUT2D eigenvalue weighted by Gasteiger charge is -2.16. The van der Waals surface area contributed by atoms with Crippen molar-refractivity contribution >= 4 is 33.1 Å². The fraction of sp³-hybridized carbons (Fsp3) is 0.231. The van der Waals surface area contributed by atoms with Gasteiger partial charge in [0.25, 0.3) is 5.91 Å². The molecular formula is C26H23F3N4O4S. The number of carbonyl (C=O) groups excluding carboxylic acids is 1. The molecule has 5 rings (SSSR count). The van der Waals surface area contributed by atoms with Crippen molar-refractivity contribution < 1.29 is 31.5 Å². The number of alkyl halides is 3. The lowest BCUT2D eigenvalue weighted by molar-refractivity contribution is -0.137. The van der Waals surface area contributed by atoms with Crippen molar-refractivity contribution in [3.8, 4) is 11.1 Å². The molecule has 0 bridgehead atoms. The van der Waals surface area contributed by atoms with E-state index >= 15 is 0 Å². The monoisotopic (exact) mass is 544 g/mol. The van der Waals surface area contributed by atoms with Crippen LogP contribution in [0.25, 0.3) is 22.2 Å². The third kappa shape index (κ3) is 6.45. The molecule has 1 fully saturated rings. The van der Waals surface area contributed by atoms with Gasteiger partial charge in [-0.05, 0) is 30.9 Å². The largest absolute Gasteiger partial charge is 0.416 e. The quantitative estimate of drug-likeness (QED) is 0.323. The zero-order valence-corrected chi connectivity index (χ0v) is 20.6. The first kappa shape index (κ1) is 27.0. The molecule has 2 aromatic heterocycles. The summed E-state index contributed by atoms with van der Waals surface area (Å²) in [5.41, 5.74) is 1.74. The number of H-pyrrole nitrogens is 1. The van der Waals surface area contributed by atoms with Gasteiger partial charge in [-0.3, -0.25) is 4.79 Å². The summed E-state index contributed by atoms with van der Waals surface area (Å²) in [7, 11) is -2.60. The molecule has 1 aliphatic rings. The lowest BCUT2D eigenvalue weighted by Crippen LogP contribution is -2.40. The SMILES string of the molecule is FC(F)(F)c1ccccc1.O=C(NC1CCCC1O)c1[nH]c2ncc(N=S(=O)=O)cc2c1-c1ccccc1. The molecule has 0 saturated heterocycles. The van der Waals surface area contributed by atoms with Gasteiger partial charge in [0, 0.05) is 10.9 Å². The minimum absolute atomic E-state index is 0.176. The Hall–Kier alpha value is -4.03. The average Bonchev–Trinajstić information content (AvgIpc) is 3.47. The zero-order valence-electron chi connectivity index (χ0n) is 19.8. The highest BCUT2D eigenvalue weighted by atomic mass is 32.2. The number of hydrogen-bond donors (Lipinski definition) is 3. The summed E-state index contributed by atoms with van der Waals surface area (Å²) in [5.74, 6) is -0.339. The molecule has 38 heavy (non-hydrogen) atoms. The summed E-state index contributed by atoms with van der Waals surface area (Å²) in [6, 6.07) is 16.9. The predicted molar refractivity (Wildman–Crippen MR) is 135 cm³/mol. The van der Waals surface area contributed by atoms with Gasteiger partial charge in [-0.15, -0.1) is 4.36 Å². The van der Waals surface area contributed by atoms with Crippen LogP contribution in [0.15, 0.2) is 77.3 Å². The minimum Gasteiger partial charge on any atom is -0.391 e. The number of aliphatic hydroxyl groups is 1. The molecule has 2 aromatic carbocycles. The first-order valence-corrected chi connectivity index (χ1v) is 12.7. The van der Waals surface area contributed by atoms with Crippen molar-refractivity contribution in [1.29, 1.82) is 0 Å². The van der Waals surface area contributed by atoms with Crippen LogP contribution in [0.4, 0.5) is 18.9 Å². The van der Waals surface area contributed by atoms with Crippen LogP contribution in [-0.4, -0.2) is 41.5 Å². The van der Waals surface area contributed by atoms with E-state index in [1.807, 2.05) is 30.3 Å². The Morgan fingerprint density at radius 2 is 1.71 bits per heavy atom. The number of benzene rings is 2. The third-order valence-corrected chi connectivity index (χ3v) is 6.36. The van der Waals surface area contributed by atoms with E-state index < -0.39 is 28.3 Å². The van der Waals surface area contributed by atoms with Gasteiger partial charge in [0.2, 0.25) is 0 Å². The normalized spacial score (nSPS) is 16.9. The maximum atomic E-state index is 13.0. The van der Waals surface area contributed by atoms with Crippen molar-refractivity contribution in [2.24, 2.45) is 4.36 Å². The summed E-state index contributed by atoms with van der Waals surface area (Å²) >= 11 is 0. The number of hydrogen-bond acceptors (Lipinski definition) is 6. The number of carbonyl (C=O) groups is 1. The highest BCUT2D eigenvalue weighted by molar-refractivity contribution is 7.61. The van der Waals surface area contributed by atoms with Crippen LogP contribution >= 0.6 is 0 Å². The van der Waals surface area contributed by atoms with Gasteiger partial charge in [0.05, 0.1) is 23.9 Å². The molecule has 0 radical (unpaired) electrons. The number of pyridine rings is 1. The van der Waals surface area contributed by atoms with E-state index in [1.54, 1.807) is 12.1 Å². The second-order valence-corrected chi connectivity index (χ2v) is 9.20. The molecule has 4 aromatic rings. The second kappa shape index (κ2) is 11.6. The molecule has 1 amide bonds. The Kier molecular flexibility index (Phi) is 8.23. The fourth-order valence-corrected chi connectivity index (χ4v) is 4.52. The smallest absolute Gasteiger partial charge is 0.391 e. The van der Waals surface area contributed by atoms with Crippen LogP contribution in [0.1, 0.15) is 35.3 Å². The number of aromatic amines is 1. The molecule has 0 aliphatic heterocycles. The number of nitrogens with zero attached hydrogens (tertiary/aromatic N) is 2. The zero-order chi connectivity index (χ0) is 27.3. The van der Waals surface area contributed by atoms with Crippen LogP contribution in [-0.2, 0) is 16.7 Å². The number of fused-ring (bicyclic) bond motifs is 1. The van der Waals surface area contributed by atoms with Crippen LogP contribution in [0, 0.1) is 0 Å². The van der Waals surface area contributed by atoms with Gasteiger partial charge in [0.1, 0.15) is 17.0 Å². The average molecular weight is 545 g/mol. The van der Waals surface area contributed by atoms with E-state index in [0.717, 1.165) is 30.5 Å². The summed E-state index contributed by atoms with van der Waals surface area (Å²) in [5, 5.41) is 13.5. The highest BCUT2D eigenvalue weighted by Crippen LogP contribution is 2.34. The van der Waals surface area contributed by atoms with Gasteiger partial charge < -0.3 is 15.4 Å². The van der Waals surface area contributed by atoms with Gasteiger partial charge >= 0.3 is 16.7 Å². The van der Waals surface area contributed by atoms with E-state index in [4.69, 9.17) is 0 Å². The number of amides is 1. The predicted octanol–water partition coefficient (Wildman–Crippen LogP) is 5.27. The van der Waals surface area contributed by atoms with E-state index in [9.17, 15) is 31.5 Å². The first-order valence-electron chi connectivity index (χ1n) is 11.6. The number of rotatable bonds is 4. The van der Waals surface area contributed by atoms with E-state index in [1.165, 1.54) is 18.3 Å². The molecule has 2 atom stereocenters. The number of halogens is 3. The van der Waals surface area contributed by atoms with E-state index in [0.29, 0.717) is 28.7 Å². The first-order chi connectivity index (χ1) is 18.1. The molecule has 2 heterocycles. The minimum atomic E-state index is -4.21. The van der Waals surface area contributed by atoms with Crippen LogP contribution in [0.3, 0.4) is 0 Å². The van der Waals surface area contributed by atoms with Crippen molar-refractivity contribution in [3.05, 3.63) is 84.2 Å². The van der Waals surface area contributed by atoms with Crippen LogP contribution in [0.5, 0.6) is 0 Å². The molecule has 2 unspecified atom stereocenters. The van der Waals surface area contributed by atoms with Crippen LogP contribution in [0.2, 0.25) is 0 Å². The highest BCUT2D eigenvalue weighted by Gasteiger charge is 2.30. The van der Waals surface area contributed by atoms with Crippen molar-refractivity contribution in [3.63, 3.8) is 0 Å². The Balaban J connectivity index is 0.000000283. The molecule has 0 spiro atoms. The molecule has 8 nitrogen and oxygen atoms in total. The molecule has 1 aliphatic carbocycles. The Labute approximate surface area is 217 Å². The maximum Gasteiger partial charge on any atom is 0.416 e. The number of nitrogens with one attached hydrogen (secondary N) is 2. The molecule has 198 valence electrons. The Morgan fingerprint density at radius 1 is 1.05 bits per heavy atom.